The van der Waals surface area contributed by atoms with E-state index in [-0.39, 0.29) is 29.8 Å². The maximum absolute atomic E-state index is 13.0. The van der Waals surface area contributed by atoms with Gasteiger partial charge in [0.05, 0.1) is 17.4 Å². The van der Waals surface area contributed by atoms with Gasteiger partial charge in [0.25, 0.3) is 0 Å². The molecule has 1 amide bonds. The first kappa shape index (κ1) is 22.4. The van der Waals surface area contributed by atoms with E-state index < -0.39 is 15.9 Å². The molecule has 1 unspecified atom stereocenters. The smallest absolute Gasteiger partial charge is 0.246 e. The van der Waals surface area contributed by atoms with E-state index in [1.54, 1.807) is 48.5 Å². The third-order valence-corrected chi connectivity index (χ3v) is 7.53. The number of halogens is 1. The molecule has 1 fully saturated rings. The van der Waals surface area contributed by atoms with Gasteiger partial charge in [-0.3, -0.25) is 4.79 Å². The number of nitrogens with zero attached hydrogens (tertiary/aromatic N) is 3. The predicted molar refractivity (Wildman–Crippen MR) is 119 cm³/mol. The molecule has 1 N–H and O–H groups in total. The second-order valence-electron chi connectivity index (χ2n) is 7.75. The van der Waals surface area contributed by atoms with E-state index in [4.69, 9.17) is 16.1 Å². The van der Waals surface area contributed by atoms with Crippen LogP contribution in [0.3, 0.4) is 0 Å². The molecular weight excluding hydrogens is 452 g/mol. The van der Waals surface area contributed by atoms with Crippen molar-refractivity contribution in [3.63, 3.8) is 0 Å². The summed E-state index contributed by atoms with van der Waals surface area (Å²) in [5, 5.41) is 7.31. The number of aryl methyl sites for hydroxylation is 1. The van der Waals surface area contributed by atoms with Crippen LogP contribution >= 0.6 is 11.6 Å². The first-order valence-electron chi connectivity index (χ1n) is 10.3. The lowest BCUT2D eigenvalue weighted by Crippen LogP contribution is -2.45. The fraction of sp³-hybridized carbons (Fsp3) is 0.318. The van der Waals surface area contributed by atoms with Crippen molar-refractivity contribution in [1.29, 1.82) is 0 Å². The zero-order valence-corrected chi connectivity index (χ0v) is 19.1. The van der Waals surface area contributed by atoms with Gasteiger partial charge in [-0.15, -0.1) is 0 Å². The predicted octanol–water partition coefficient (Wildman–Crippen LogP) is 3.42. The molecule has 10 heteroatoms. The second-order valence-corrected chi connectivity index (χ2v) is 10.1. The zero-order valence-electron chi connectivity index (χ0n) is 17.5. The Morgan fingerprint density at radius 3 is 2.62 bits per heavy atom. The van der Waals surface area contributed by atoms with Gasteiger partial charge >= 0.3 is 0 Å². The quantitative estimate of drug-likeness (QED) is 0.586. The minimum atomic E-state index is -3.64. The SMILES string of the molecule is Cc1ccc(S(=O)(=O)N2CCCC(C(=O)NCc3nc(-c4ccc(Cl)cc4)no3)C2)cc1. The second kappa shape index (κ2) is 9.40. The highest BCUT2D eigenvalue weighted by Crippen LogP contribution is 2.24. The Morgan fingerprint density at radius 1 is 1.19 bits per heavy atom. The number of carbonyl (C=O) groups excluding carboxylic acids is 1. The minimum Gasteiger partial charge on any atom is -0.347 e. The normalized spacial score (nSPS) is 17.2. The van der Waals surface area contributed by atoms with E-state index >= 15 is 0 Å². The molecule has 8 nitrogen and oxygen atoms in total. The van der Waals surface area contributed by atoms with Crippen LogP contribution < -0.4 is 5.32 Å². The van der Waals surface area contributed by atoms with Gasteiger partial charge in [0, 0.05) is 23.7 Å². The summed E-state index contributed by atoms with van der Waals surface area (Å²) in [6.45, 7) is 2.51. The Balaban J connectivity index is 1.36. The van der Waals surface area contributed by atoms with Crippen molar-refractivity contribution in [2.75, 3.05) is 13.1 Å². The van der Waals surface area contributed by atoms with Gasteiger partial charge < -0.3 is 9.84 Å². The molecule has 1 aromatic heterocycles. The highest BCUT2D eigenvalue weighted by atomic mass is 35.5. The molecule has 0 radical (unpaired) electrons. The summed E-state index contributed by atoms with van der Waals surface area (Å²) in [6.07, 6.45) is 1.23. The summed E-state index contributed by atoms with van der Waals surface area (Å²) in [7, 11) is -3.64. The Kier molecular flexibility index (Phi) is 6.59. The van der Waals surface area contributed by atoms with Crippen molar-refractivity contribution in [3.8, 4) is 11.4 Å². The third kappa shape index (κ3) is 5.01. The standard InChI is InChI=1S/C22H23ClN4O4S/c1-15-4-10-19(11-5-15)32(29,30)27-12-2-3-17(14-27)22(28)24-13-20-25-21(26-31-20)16-6-8-18(23)9-7-16/h4-11,17H,2-3,12-14H2,1H3,(H,24,28). The van der Waals surface area contributed by atoms with Gasteiger partial charge in [0.2, 0.25) is 27.6 Å². The molecule has 0 aliphatic carbocycles. The average Bonchev–Trinajstić information content (AvgIpc) is 3.27. The summed E-state index contributed by atoms with van der Waals surface area (Å²) in [4.78, 5) is 17.2. The van der Waals surface area contributed by atoms with E-state index in [9.17, 15) is 13.2 Å². The Morgan fingerprint density at radius 2 is 1.91 bits per heavy atom. The van der Waals surface area contributed by atoms with Crippen LogP contribution in [0.2, 0.25) is 5.02 Å². The lowest BCUT2D eigenvalue weighted by atomic mass is 9.99. The van der Waals surface area contributed by atoms with Crippen molar-refractivity contribution in [2.45, 2.75) is 31.2 Å². The number of sulfonamides is 1. The Bertz CT molecular complexity index is 1190. The van der Waals surface area contributed by atoms with Crippen LogP contribution in [0.4, 0.5) is 0 Å². The number of piperidine rings is 1. The highest BCUT2D eigenvalue weighted by Gasteiger charge is 2.33. The number of amides is 1. The van der Waals surface area contributed by atoms with E-state index in [1.165, 1.54) is 4.31 Å². The van der Waals surface area contributed by atoms with Crippen LogP contribution in [0.1, 0.15) is 24.3 Å². The molecule has 168 valence electrons. The molecule has 1 aliphatic rings. The highest BCUT2D eigenvalue weighted by molar-refractivity contribution is 7.89. The number of aromatic nitrogens is 2. The Hall–Kier alpha value is -2.75. The molecule has 1 aliphatic heterocycles. The number of carbonyl (C=O) groups is 1. The fourth-order valence-electron chi connectivity index (χ4n) is 3.58. The van der Waals surface area contributed by atoms with Crippen LogP contribution in [0, 0.1) is 12.8 Å². The maximum Gasteiger partial charge on any atom is 0.246 e. The first-order valence-corrected chi connectivity index (χ1v) is 12.1. The average molecular weight is 475 g/mol. The minimum absolute atomic E-state index is 0.0701. The molecule has 3 aromatic rings. The Labute approximate surface area is 191 Å². The van der Waals surface area contributed by atoms with Gasteiger partial charge in [-0.05, 0) is 56.2 Å². The summed E-state index contributed by atoms with van der Waals surface area (Å²) >= 11 is 5.89. The largest absolute Gasteiger partial charge is 0.347 e. The topological polar surface area (TPSA) is 105 Å². The van der Waals surface area contributed by atoms with Crippen molar-refractivity contribution in [3.05, 3.63) is 65.0 Å². The van der Waals surface area contributed by atoms with Crippen LogP contribution in [0.15, 0.2) is 57.9 Å². The number of hydrogen-bond acceptors (Lipinski definition) is 6. The third-order valence-electron chi connectivity index (χ3n) is 5.40. The van der Waals surface area contributed by atoms with E-state index in [1.807, 2.05) is 6.92 Å². The molecule has 2 heterocycles. The summed E-state index contributed by atoms with van der Waals surface area (Å²) in [5.74, 6) is -0.00938. The van der Waals surface area contributed by atoms with Crippen molar-refractivity contribution in [1.82, 2.24) is 19.8 Å². The van der Waals surface area contributed by atoms with Crippen molar-refractivity contribution < 1.29 is 17.7 Å². The summed E-state index contributed by atoms with van der Waals surface area (Å²) in [6, 6.07) is 13.8. The first-order chi connectivity index (χ1) is 15.3. The molecule has 32 heavy (non-hydrogen) atoms. The fourth-order valence-corrected chi connectivity index (χ4v) is 5.23. The lowest BCUT2D eigenvalue weighted by molar-refractivity contribution is -0.126. The molecule has 4 rings (SSSR count). The van der Waals surface area contributed by atoms with Gasteiger partial charge in [-0.2, -0.15) is 9.29 Å². The van der Waals surface area contributed by atoms with Crippen LogP contribution in [-0.2, 0) is 21.4 Å². The molecule has 0 bridgehead atoms. The van der Waals surface area contributed by atoms with Crippen LogP contribution in [0.25, 0.3) is 11.4 Å². The van der Waals surface area contributed by atoms with Crippen LogP contribution in [0.5, 0.6) is 0 Å². The summed E-state index contributed by atoms with van der Waals surface area (Å²) < 4.78 is 32.5. The molecular formula is C22H23ClN4O4S. The number of nitrogens with one attached hydrogen (secondary N) is 1. The molecule has 2 aromatic carbocycles. The lowest BCUT2D eigenvalue weighted by Gasteiger charge is -2.31. The van der Waals surface area contributed by atoms with E-state index in [2.05, 4.69) is 15.5 Å². The number of hydrogen-bond donors (Lipinski definition) is 1. The molecule has 0 spiro atoms. The maximum atomic E-state index is 13.0. The summed E-state index contributed by atoms with van der Waals surface area (Å²) in [5.41, 5.74) is 1.74. The number of rotatable bonds is 6. The van der Waals surface area contributed by atoms with Crippen LogP contribution in [-0.4, -0.2) is 41.9 Å². The van der Waals surface area contributed by atoms with Crippen molar-refractivity contribution >= 4 is 27.5 Å². The van der Waals surface area contributed by atoms with Gasteiger partial charge in [0.15, 0.2) is 0 Å². The van der Waals surface area contributed by atoms with E-state index in [0.29, 0.717) is 30.2 Å². The molecule has 0 saturated carbocycles. The number of benzene rings is 2. The zero-order chi connectivity index (χ0) is 22.7. The molecule has 1 atom stereocenters. The van der Waals surface area contributed by atoms with E-state index in [0.717, 1.165) is 11.1 Å². The van der Waals surface area contributed by atoms with Gasteiger partial charge in [-0.1, -0.05) is 34.5 Å². The van der Waals surface area contributed by atoms with Crippen molar-refractivity contribution in [2.24, 2.45) is 5.92 Å². The van der Waals surface area contributed by atoms with Gasteiger partial charge in [0.1, 0.15) is 0 Å². The van der Waals surface area contributed by atoms with Gasteiger partial charge in [-0.25, -0.2) is 8.42 Å². The molecule has 1 saturated heterocycles. The monoisotopic (exact) mass is 474 g/mol.